The second kappa shape index (κ2) is 2.90. The van der Waals surface area contributed by atoms with Crippen LogP contribution in [0.5, 0.6) is 0 Å². The summed E-state index contributed by atoms with van der Waals surface area (Å²) in [7, 11) is 2.05. The first kappa shape index (κ1) is 7.81. The van der Waals surface area contributed by atoms with Crippen LogP contribution in [-0.4, -0.2) is 12.8 Å². The molecule has 0 aliphatic carbocycles. The Labute approximate surface area is 76.9 Å². The molecule has 60 valence electrons. The van der Waals surface area contributed by atoms with E-state index in [1.54, 1.807) is 11.3 Å². The largest absolute Gasteiger partial charge is 0.252 e. The molecule has 3 heteroatoms. The van der Waals surface area contributed by atoms with Crippen molar-refractivity contribution < 1.29 is 0 Å². The Balaban J connectivity index is 2.66. The first-order valence-electron chi connectivity index (χ1n) is 4.15. The van der Waals surface area contributed by atoms with Gasteiger partial charge in [0.05, 0.1) is 10.2 Å². The number of aryl methyl sites for hydroxylation is 1. The summed E-state index contributed by atoms with van der Waals surface area (Å²) in [4.78, 5) is 5.59. The molecule has 0 atom stereocenters. The van der Waals surface area contributed by atoms with Crippen LogP contribution in [0.1, 0.15) is 12.5 Å². The lowest BCUT2D eigenvalue weighted by Crippen LogP contribution is -1.96. The van der Waals surface area contributed by atoms with Crippen molar-refractivity contribution in [2.45, 2.75) is 13.3 Å². The molecule has 12 heavy (non-hydrogen) atoms. The molecule has 0 aliphatic heterocycles. The Morgan fingerprint density at radius 3 is 3.08 bits per heavy atom. The second-order valence-corrected chi connectivity index (χ2v) is 4.12. The molecule has 0 unspecified atom stereocenters. The smallest absolute Gasteiger partial charge is 0.177 e. The number of hydrogen-bond acceptors (Lipinski definition) is 2. The summed E-state index contributed by atoms with van der Waals surface area (Å²) in [5, 5.41) is 0. The van der Waals surface area contributed by atoms with Crippen LogP contribution in [0, 0.1) is 0 Å². The molecule has 0 aliphatic rings. The Bertz CT molecular complexity index is 408. The third kappa shape index (κ3) is 1.25. The van der Waals surface area contributed by atoms with E-state index in [1.807, 2.05) is 0 Å². The highest BCUT2D eigenvalue weighted by Crippen LogP contribution is 2.17. The number of rotatable bonds is 1. The van der Waals surface area contributed by atoms with Crippen molar-refractivity contribution in [1.29, 1.82) is 0 Å². The summed E-state index contributed by atoms with van der Waals surface area (Å²) in [5.74, 6) is 0. The summed E-state index contributed by atoms with van der Waals surface area (Å²) < 4.78 is 1.30. The van der Waals surface area contributed by atoms with Gasteiger partial charge in [-0.1, -0.05) is 13.0 Å². The standard InChI is InChI=1S/C9H10BNS/c1-2-6-3-4-8-7(5-6)11-9(10)12-8/h3-5H,2,10H2,1H3. The van der Waals surface area contributed by atoms with E-state index >= 15 is 0 Å². The fraction of sp³-hybridized carbons (Fsp3) is 0.222. The third-order valence-corrected chi connectivity index (χ3v) is 2.92. The highest BCUT2D eigenvalue weighted by atomic mass is 32.1. The van der Waals surface area contributed by atoms with Crippen molar-refractivity contribution in [2.24, 2.45) is 0 Å². The van der Waals surface area contributed by atoms with Gasteiger partial charge in [-0.05, 0) is 24.1 Å². The molecule has 0 fully saturated rings. The van der Waals surface area contributed by atoms with Crippen LogP contribution in [0.15, 0.2) is 18.2 Å². The van der Waals surface area contributed by atoms with E-state index in [4.69, 9.17) is 0 Å². The molecular formula is C9H10BNS. The van der Waals surface area contributed by atoms with Crippen molar-refractivity contribution in [3.05, 3.63) is 23.8 Å². The van der Waals surface area contributed by atoms with Crippen LogP contribution in [0.2, 0.25) is 0 Å². The molecule has 1 aromatic heterocycles. The molecule has 0 saturated carbocycles. The third-order valence-electron chi connectivity index (χ3n) is 1.97. The number of hydrogen-bond donors (Lipinski definition) is 0. The molecule has 0 spiro atoms. The minimum absolute atomic E-state index is 1.09. The molecule has 0 amide bonds. The predicted octanol–water partition coefficient (Wildman–Crippen LogP) is 1.12. The first-order valence-corrected chi connectivity index (χ1v) is 4.97. The van der Waals surface area contributed by atoms with E-state index in [0.717, 1.165) is 16.8 Å². The van der Waals surface area contributed by atoms with E-state index < -0.39 is 0 Å². The number of benzene rings is 1. The van der Waals surface area contributed by atoms with Gasteiger partial charge >= 0.3 is 0 Å². The van der Waals surface area contributed by atoms with Crippen molar-refractivity contribution >= 4 is 34.3 Å². The maximum absolute atomic E-state index is 4.44. The monoisotopic (exact) mass is 175 g/mol. The van der Waals surface area contributed by atoms with Crippen LogP contribution in [0.25, 0.3) is 10.2 Å². The van der Waals surface area contributed by atoms with Crippen molar-refractivity contribution in [3.8, 4) is 0 Å². The summed E-state index contributed by atoms with van der Waals surface area (Å²) >= 11 is 1.76. The molecule has 0 radical (unpaired) electrons. The normalized spacial score (nSPS) is 10.8. The van der Waals surface area contributed by atoms with Gasteiger partial charge < -0.3 is 0 Å². The average molecular weight is 175 g/mol. The zero-order valence-electron chi connectivity index (χ0n) is 7.29. The van der Waals surface area contributed by atoms with Gasteiger partial charge in [-0.15, -0.1) is 11.3 Å². The number of nitrogens with zero attached hydrogens (tertiary/aromatic N) is 1. The average Bonchev–Trinajstić information content (AvgIpc) is 2.43. The molecule has 1 heterocycles. The lowest BCUT2D eigenvalue weighted by atomic mass is 10.1. The molecule has 0 N–H and O–H groups in total. The van der Waals surface area contributed by atoms with Gasteiger partial charge in [-0.3, -0.25) is 4.98 Å². The molecule has 1 nitrogen and oxygen atoms in total. The maximum atomic E-state index is 4.44. The summed E-state index contributed by atoms with van der Waals surface area (Å²) in [5.41, 5.74) is 2.52. The van der Waals surface area contributed by atoms with Gasteiger partial charge in [0.2, 0.25) is 0 Å². The van der Waals surface area contributed by atoms with Crippen molar-refractivity contribution in [3.63, 3.8) is 0 Å². The van der Waals surface area contributed by atoms with E-state index in [9.17, 15) is 0 Å². The Hall–Kier alpha value is -0.825. The van der Waals surface area contributed by atoms with Crippen LogP contribution < -0.4 is 4.91 Å². The Kier molecular flexibility index (Phi) is 1.89. The van der Waals surface area contributed by atoms with Crippen LogP contribution in [0.4, 0.5) is 0 Å². The van der Waals surface area contributed by atoms with Gasteiger partial charge in [-0.2, -0.15) is 0 Å². The number of fused-ring (bicyclic) bond motifs is 1. The van der Waals surface area contributed by atoms with Gasteiger partial charge in [-0.25, -0.2) is 0 Å². The highest BCUT2D eigenvalue weighted by Gasteiger charge is 1.99. The lowest BCUT2D eigenvalue weighted by molar-refractivity contribution is 1.14. The Morgan fingerprint density at radius 2 is 2.33 bits per heavy atom. The van der Waals surface area contributed by atoms with E-state index in [-0.39, 0.29) is 0 Å². The Morgan fingerprint density at radius 1 is 1.50 bits per heavy atom. The van der Waals surface area contributed by atoms with E-state index in [0.29, 0.717) is 0 Å². The number of aromatic nitrogens is 1. The van der Waals surface area contributed by atoms with Crippen LogP contribution in [-0.2, 0) is 6.42 Å². The quantitative estimate of drug-likeness (QED) is 0.591. The van der Waals surface area contributed by atoms with Gasteiger partial charge in [0.15, 0.2) is 7.85 Å². The van der Waals surface area contributed by atoms with Crippen molar-refractivity contribution in [1.82, 2.24) is 4.98 Å². The highest BCUT2D eigenvalue weighted by molar-refractivity contribution is 7.25. The fourth-order valence-electron chi connectivity index (χ4n) is 1.31. The predicted molar refractivity (Wildman–Crippen MR) is 57.2 cm³/mol. The molecule has 0 saturated heterocycles. The lowest BCUT2D eigenvalue weighted by Gasteiger charge is -1.93. The minimum atomic E-state index is 1.09. The molecule has 2 aromatic rings. The molecule has 1 aromatic carbocycles. The molecule has 2 rings (SSSR count). The first-order chi connectivity index (χ1) is 5.79. The summed E-state index contributed by atoms with van der Waals surface area (Å²) in [6.45, 7) is 2.17. The van der Waals surface area contributed by atoms with Gasteiger partial charge in [0.1, 0.15) is 0 Å². The van der Waals surface area contributed by atoms with E-state index in [1.165, 1.54) is 10.3 Å². The van der Waals surface area contributed by atoms with Crippen molar-refractivity contribution in [2.75, 3.05) is 0 Å². The maximum Gasteiger partial charge on any atom is 0.177 e. The van der Waals surface area contributed by atoms with E-state index in [2.05, 4.69) is 38.0 Å². The minimum Gasteiger partial charge on any atom is -0.252 e. The fourth-order valence-corrected chi connectivity index (χ4v) is 2.12. The summed E-state index contributed by atoms with van der Waals surface area (Å²) in [6, 6.07) is 6.53. The zero-order valence-corrected chi connectivity index (χ0v) is 8.11. The molecular weight excluding hydrogens is 165 g/mol. The SMILES string of the molecule is Bc1nc2cc(CC)ccc2s1. The number of thiazole rings is 1. The zero-order chi connectivity index (χ0) is 8.55. The summed E-state index contributed by atoms with van der Waals surface area (Å²) in [6.07, 6.45) is 1.09. The van der Waals surface area contributed by atoms with Crippen LogP contribution >= 0.6 is 11.3 Å². The second-order valence-electron chi connectivity index (χ2n) is 2.89. The van der Waals surface area contributed by atoms with Gasteiger partial charge in [0, 0.05) is 4.91 Å². The van der Waals surface area contributed by atoms with Gasteiger partial charge in [0.25, 0.3) is 0 Å². The van der Waals surface area contributed by atoms with Crippen LogP contribution in [0.3, 0.4) is 0 Å². The molecule has 0 bridgehead atoms. The topological polar surface area (TPSA) is 12.9 Å².